The molecule has 1 aliphatic carbocycles. The van der Waals surface area contributed by atoms with Gasteiger partial charge in [-0.05, 0) is 62.2 Å². The van der Waals surface area contributed by atoms with Gasteiger partial charge in [0, 0.05) is 6.04 Å². The fourth-order valence-electron chi connectivity index (χ4n) is 2.95. The molecule has 1 saturated carbocycles. The van der Waals surface area contributed by atoms with Gasteiger partial charge in [0.1, 0.15) is 0 Å². The third-order valence-corrected chi connectivity index (χ3v) is 4.13. The van der Waals surface area contributed by atoms with E-state index in [1.54, 1.807) is 0 Å². The van der Waals surface area contributed by atoms with Gasteiger partial charge < -0.3 is 5.32 Å². The highest BCUT2D eigenvalue weighted by Crippen LogP contribution is 2.34. The molecule has 1 saturated heterocycles. The number of aromatic nitrogens is 4. The van der Waals surface area contributed by atoms with Crippen LogP contribution in [0.4, 0.5) is 0 Å². The lowest BCUT2D eigenvalue weighted by Crippen LogP contribution is -2.43. The molecule has 0 amide bonds. The van der Waals surface area contributed by atoms with E-state index < -0.39 is 0 Å². The zero-order chi connectivity index (χ0) is 13.1. The molecule has 6 nitrogen and oxygen atoms in total. The van der Waals surface area contributed by atoms with Gasteiger partial charge in [-0.2, -0.15) is 0 Å². The van der Waals surface area contributed by atoms with E-state index in [9.17, 15) is 0 Å². The summed E-state index contributed by atoms with van der Waals surface area (Å²) in [4.78, 5) is 2.57. The number of nitrogens with one attached hydrogen (secondary N) is 1. The average molecular weight is 264 g/mol. The molecule has 106 valence electrons. The van der Waals surface area contributed by atoms with Crippen molar-refractivity contribution in [1.82, 2.24) is 30.4 Å². The Balaban J connectivity index is 1.67. The molecule has 2 heterocycles. The van der Waals surface area contributed by atoms with E-state index in [1.807, 2.05) is 4.68 Å². The Bertz CT molecular complexity index is 394. The van der Waals surface area contributed by atoms with Gasteiger partial charge in [0.05, 0.1) is 12.6 Å². The van der Waals surface area contributed by atoms with Crippen LogP contribution in [0.2, 0.25) is 0 Å². The van der Waals surface area contributed by atoms with Crippen LogP contribution in [0.25, 0.3) is 0 Å². The number of nitrogens with zero attached hydrogens (tertiary/aromatic N) is 5. The molecular formula is C13H24N6. The normalized spacial score (nSPS) is 21.2. The van der Waals surface area contributed by atoms with Gasteiger partial charge in [-0.25, -0.2) is 4.68 Å². The molecule has 1 aliphatic heterocycles. The Kier molecular flexibility index (Phi) is 4.08. The third kappa shape index (κ3) is 3.12. The molecule has 0 atom stereocenters. The SMILES string of the molecule is CCCN(Cc1nnnn1C1CC1)C1CCNCC1. The number of rotatable bonds is 6. The second kappa shape index (κ2) is 5.96. The predicted molar refractivity (Wildman–Crippen MR) is 72.7 cm³/mol. The maximum absolute atomic E-state index is 4.24. The van der Waals surface area contributed by atoms with Crippen LogP contribution in [0.1, 0.15) is 50.9 Å². The minimum absolute atomic E-state index is 0.571. The maximum Gasteiger partial charge on any atom is 0.165 e. The van der Waals surface area contributed by atoms with Gasteiger partial charge in [0.15, 0.2) is 5.82 Å². The van der Waals surface area contributed by atoms with Crippen LogP contribution in [0.5, 0.6) is 0 Å². The van der Waals surface area contributed by atoms with Crippen LogP contribution in [0.15, 0.2) is 0 Å². The Morgan fingerprint density at radius 2 is 2.05 bits per heavy atom. The lowest BCUT2D eigenvalue weighted by atomic mass is 10.0. The monoisotopic (exact) mass is 264 g/mol. The Morgan fingerprint density at radius 1 is 1.26 bits per heavy atom. The summed E-state index contributed by atoms with van der Waals surface area (Å²) in [5, 5.41) is 15.7. The molecular weight excluding hydrogens is 240 g/mol. The second-order valence-corrected chi connectivity index (χ2v) is 5.72. The highest BCUT2D eigenvalue weighted by molar-refractivity contribution is 4.91. The molecule has 2 fully saturated rings. The first kappa shape index (κ1) is 13.0. The molecule has 19 heavy (non-hydrogen) atoms. The van der Waals surface area contributed by atoms with E-state index in [0.29, 0.717) is 12.1 Å². The molecule has 1 N–H and O–H groups in total. The van der Waals surface area contributed by atoms with Gasteiger partial charge in [-0.3, -0.25) is 4.90 Å². The number of hydrogen-bond acceptors (Lipinski definition) is 5. The topological polar surface area (TPSA) is 58.9 Å². The zero-order valence-corrected chi connectivity index (χ0v) is 11.8. The summed E-state index contributed by atoms with van der Waals surface area (Å²) >= 11 is 0. The molecule has 0 spiro atoms. The van der Waals surface area contributed by atoms with E-state index in [0.717, 1.165) is 32.0 Å². The van der Waals surface area contributed by atoms with Crippen LogP contribution in [0, 0.1) is 0 Å². The van der Waals surface area contributed by atoms with Gasteiger partial charge in [0.2, 0.25) is 0 Å². The third-order valence-electron chi connectivity index (χ3n) is 4.13. The first-order valence-corrected chi connectivity index (χ1v) is 7.60. The fraction of sp³-hybridized carbons (Fsp3) is 0.923. The molecule has 1 aromatic heterocycles. The molecule has 0 radical (unpaired) electrons. The van der Waals surface area contributed by atoms with E-state index in [2.05, 4.69) is 32.7 Å². The fourth-order valence-corrected chi connectivity index (χ4v) is 2.95. The van der Waals surface area contributed by atoms with Gasteiger partial charge in [0.25, 0.3) is 0 Å². The predicted octanol–water partition coefficient (Wildman–Crippen LogP) is 0.972. The maximum atomic E-state index is 4.24. The molecule has 1 aromatic rings. The second-order valence-electron chi connectivity index (χ2n) is 5.72. The minimum atomic E-state index is 0.571. The van der Waals surface area contributed by atoms with Gasteiger partial charge in [-0.15, -0.1) is 5.10 Å². The summed E-state index contributed by atoms with van der Waals surface area (Å²) in [5.74, 6) is 1.05. The largest absolute Gasteiger partial charge is 0.317 e. The van der Waals surface area contributed by atoms with Crippen molar-refractivity contribution < 1.29 is 0 Å². The van der Waals surface area contributed by atoms with Gasteiger partial charge in [-0.1, -0.05) is 6.92 Å². The van der Waals surface area contributed by atoms with Crippen LogP contribution in [-0.4, -0.2) is 50.8 Å². The van der Waals surface area contributed by atoms with Crippen molar-refractivity contribution in [2.75, 3.05) is 19.6 Å². The smallest absolute Gasteiger partial charge is 0.165 e. The van der Waals surface area contributed by atoms with Crippen LogP contribution >= 0.6 is 0 Å². The molecule has 3 rings (SSSR count). The van der Waals surface area contributed by atoms with E-state index in [-0.39, 0.29) is 0 Å². The number of tetrazole rings is 1. The van der Waals surface area contributed by atoms with Crippen molar-refractivity contribution in [2.24, 2.45) is 0 Å². The highest BCUT2D eigenvalue weighted by Gasteiger charge is 2.29. The molecule has 0 unspecified atom stereocenters. The Morgan fingerprint density at radius 3 is 2.74 bits per heavy atom. The number of piperidine rings is 1. The van der Waals surface area contributed by atoms with Crippen LogP contribution in [0.3, 0.4) is 0 Å². The quantitative estimate of drug-likeness (QED) is 0.829. The van der Waals surface area contributed by atoms with Crippen molar-refractivity contribution in [2.45, 2.75) is 57.7 Å². The van der Waals surface area contributed by atoms with Crippen LogP contribution < -0.4 is 5.32 Å². The summed E-state index contributed by atoms with van der Waals surface area (Å²) in [6, 6.07) is 1.26. The molecule has 2 aliphatic rings. The molecule has 0 aromatic carbocycles. The summed E-state index contributed by atoms with van der Waals surface area (Å²) < 4.78 is 2.05. The lowest BCUT2D eigenvalue weighted by Gasteiger charge is -2.34. The standard InChI is InChI=1S/C13H24N6/c1-2-9-18(11-5-7-14-8-6-11)10-13-15-16-17-19(13)12-3-4-12/h11-12,14H,2-10H2,1H3. The first-order valence-electron chi connectivity index (χ1n) is 7.60. The van der Waals surface area contributed by atoms with E-state index >= 15 is 0 Å². The van der Waals surface area contributed by atoms with E-state index in [1.165, 1.54) is 32.1 Å². The first-order chi connectivity index (χ1) is 9.38. The van der Waals surface area contributed by atoms with Crippen molar-refractivity contribution in [1.29, 1.82) is 0 Å². The van der Waals surface area contributed by atoms with Crippen LogP contribution in [-0.2, 0) is 6.54 Å². The summed E-state index contributed by atoms with van der Waals surface area (Å²) in [6.07, 6.45) is 6.14. The highest BCUT2D eigenvalue weighted by atomic mass is 15.6. The van der Waals surface area contributed by atoms with Crippen molar-refractivity contribution in [3.63, 3.8) is 0 Å². The Labute approximate surface area is 114 Å². The average Bonchev–Trinajstić information content (AvgIpc) is 3.19. The minimum Gasteiger partial charge on any atom is -0.317 e. The van der Waals surface area contributed by atoms with Crippen molar-refractivity contribution >= 4 is 0 Å². The summed E-state index contributed by atoms with van der Waals surface area (Å²) in [7, 11) is 0. The number of hydrogen-bond donors (Lipinski definition) is 1. The van der Waals surface area contributed by atoms with Gasteiger partial charge >= 0.3 is 0 Å². The zero-order valence-electron chi connectivity index (χ0n) is 11.8. The van der Waals surface area contributed by atoms with E-state index in [4.69, 9.17) is 0 Å². The molecule has 6 heteroatoms. The summed E-state index contributed by atoms with van der Waals surface area (Å²) in [6.45, 7) is 6.57. The lowest BCUT2D eigenvalue weighted by molar-refractivity contribution is 0.148. The molecule has 0 bridgehead atoms. The Hall–Kier alpha value is -1.01. The van der Waals surface area contributed by atoms with Crippen molar-refractivity contribution in [3.8, 4) is 0 Å². The summed E-state index contributed by atoms with van der Waals surface area (Å²) in [5.41, 5.74) is 0. The van der Waals surface area contributed by atoms with Crippen molar-refractivity contribution in [3.05, 3.63) is 5.82 Å².